The second-order valence-corrected chi connectivity index (χ2v) is 11.3. The highest BCUT2D eigenvalue weighted by molar-refractivity contribution is 6.12. The summed E-state index contributed by atoms with van der Waals surface area (Å²) in [5.74, 6) is -0.823. The first-order chi connectivity index (χ1) is 30.6. The minimum Gasteiger partial charge on any atom is -0.456 e. The number of para-hydroxylation sites is 2. The Morgan fingerprint density at radius 3 is 1.74 bits per heavy atom. The summed E-state index contributed by atoms with van der Waals surface area (Å²) < 4.78 is 135. The van der Waals surface area contributed by atoms with Crippen molar-refractivity contribution < 1.29 is 28.0 Å². The first-order valence-corrected chi connectivity index (χ1v) is 15.5. The van der Waals surface area contributed by atoms with Crippen LogP contribution in [0.5, 0.6) is 0 Å². The van der Waals surface area contributed by atoms with Crippen molar-refractivity contribution in [2.75, 3.05) is 0 Å². The van der Waals surface area contributed by atoms with Crippen LogP contribution < -0.4 is 0 Å². The summed E-state index contributed by atoms with van der Waals surface area (Å²) in [6.45, 7) is 0. The molecular formula is C45H27N3O2. The van der Waals surface area contributed by atoms with Gasteiger partial charge in [0.25, 0.3) is 0 Å². The maximum absolute atomic E-state index is 9.45. The molecule has 3 heterocycles. The molecule has 0 radical (unpaired) electrons. The van der Waals surface area contributed by atoms with E-state index in [0.29, 0.717) is 11.1 Å². The van der Waals surface area contributed by atoms with Crippen LogP contribution in [0.4, 0.5) is 0 Å². The van der Waals surface area contributed by atoms with Crippen molar-refractivity contribution in [3.8, 4) is 56.4 Å². The fourth-order valence-electron chi connectivity index (χ4n) is 6.16. The summed E-state index contributed by atoms with van der Waals surface area (Å²) in [4.78, 5) is 14.4. The molecule has 3 aromatic heterocycles. The lowest BCUT2D eigenvalue weighted by Gasteiger charge is -2.15. The maximum atomic E-state index is 9.45. The summed E-state index contributed by atoms with van der Waals surface area (Å²) in [6.07, 6.45) is 0. The van der Waals surface area contributed by atoms with E-state index in [-0.39, 0.29) is 72.5 Å². The summed E-state index contributed by atoms with van der Waals surface area (Å²) in [7, 11) is 0. The SMILES string of the molecule is [2H]c1c([2H])c([2H])c2c(oc3c([2H])c(-c4nc(-c5ccccc5-c5ccccc5-c5ccccc5)nc(-c5c([2H])c([2H])c([2H])c6oc7c([2H])c([2H])c([2H])c([2H])c7c56)n4)c([2H])c([2H])c32)c1[2H]. The topological polar surface area (TPSA) is 65.0 Å². The number of hydrogen-bond acceptors (Lipinski definition) is 5. The predicted octanol–water partition coefficient (Wildman–Crippen LogP) is 12.0. The lowest BCUT2D eigenvalue weighted by atomic mass is 9.91. The highest BCUT2D eigenvalue weighted by Gasteiger charge is 2.20. The lowest BCUT2D eigenvalue weighted by Crippen LogP contribution is -2.01. The number of fused-ring (bicyclic) bond motifs is 6. The fraction of sp³-hybridized carbons (Fsp3) is 0. The Labute approximate surface area is 306 Å². The summed E-state index contributed by atoms with van der Waals surface area (Å²) >= 11 is 0. The van der Waals surface area contributed by atoms with E-state index >= 15 is 0 Å². The van der Waals surface area contributed by atoms with Crippen LogP contribution in [0, 0.1) is 0 Å². The highest BCUT2D eigenvalue weighted by atomic mass is 16.3. The van der Waals surface area contributed by atoms with Gasteiger partial charge in [-0.3, -0.25) is 0 Å². The molecule has 7 aromatic carbocycles. The van der Waals surface area contributed by atoms with E-state index in [4.69, 9.17) is 37.5 Å². The number of nitrogens with zero attached hydrogens (tertiary/aromatic N) is 3. The highest BCUT2D eigenvalue weighted by Crippen LogP contribution is 2.40. The van der Waals surface area contributed by atoms with Crippen LogP contribution in [0.25, 0.3) is 100 Å². The molecule has 0 unspecified atom stereocenters. The number of benzene rings is 7. The molecule has 0 N–H and O–H groups in total. The van der Waals surface area contributed by atoms with Gasteiger partial charge in [0.2, 0.25) is 0 Å². The van der Waals surface area contributed by atoms with Crippen molar-refractivity contribution in [3.63, 3.8) is 0 Å². The number of furan rings is 2. The van der Waals surface area contributed by atoms with E-state index in [9.17, 15) is 5.48 Å². The molecule has 0 bridgehead atoms. The van der Waals surface area contributed by atoms with Gasteiger partial charge < -0.3 is 8.83 Å². The van der Waals surface area contributed by atoms with E-state index in [1.54, 1.807) is 12.1 Å². The molecule has 0 fully saturated rings. The van der Waals surface area contributed by atoms with Crippen molar-refractivity contribution in [1.82, 2.24) is 15.0 Å². The second kappa shape index (κ2) is 11.4. The van der Waals surface area contributed by atoms with Crippen molar-refractivity contribution in [2.45, 2.75) is 0 Å². The molecule has 50 heavy (non-hydrogen) atoms. The number of aromatic nitrogens is 3. The van der Waals surface area contributed by atoms with Crippen LogP contribution in [0.2, 0.25) is 0 Å². The summed E-state index contributed by atoms with van der Waals surface area (Å²) in [6, 6.07) is 16.3. The van der Waals surface area contributed by atoms with Crippen molar-refractivity contribution in [3.05, 3.63) is 163 Å². The smallest absolute Gasteiger partial charge is 0.164 e. The van der Waals surface area contributed by atoms with Crippen LogP contribution >= 0.6 is 0 Å². The van der Waals surface area contributed by atoms with Crippen molar-refractivity contribution in [2.24, 2.45) is 0 Å². The van der Waals surface area contributed by atoms with Gasteiger partial charge in [-0.2, -0.15) is 0 Å². The quantitative estimate of drug-likeness (QED) is 0.185. The van der Waals surface area contributed by atoms with Gasteiger partial charge in [0.15, 0.2) is 17.5 Å². The van der Waals surface area contributed by atoms with Crippen LogP contribution in [0.1, 0.15) is 19.2 Å². The molecule has 10 rings (SSSR count). The molecule has 0 spiro atoms. The molecule has 234 valence electrons. The molecule has 0 aliphatic rings. The van der Waals surface area contributed by atoms with Crippen molar-refractivity contribution in [1.29, 1.82) is 0 Å². The second-order valence-electron chi connectivity index (χ2n) is 11.3. The molecular weight excluding hydrogens is 615 g/mol. The van der Waals surface area contributed by atoms with E-state index in [1.165, 1.54) is 0 Å². The third-order valence-electron chi connectivity index (χ3n) is 8.39. The third-order valence-corrected chi connectivity index (χ3v) is 8.39. The predicted molar refractivity (Wildman–Crippen MR) is 202 cm³/mol. The lowest BCUT2D eigenvalue weighted by molar-refractivity contribution is 0.668. The van der Waals surface area contributed by atoms with Crippen LogP contribution in [0.3, 0.4) is 0 Å². The maximum Gasteiger partial charge on any atom is 0.164 e. The Morgan fingerprint density at radius 2 is 0.940 bits per heavy atom. The Kier molecular flexibility index (Phi) is 3.99. The monoisotopic (exact) mass is 655 g/mol. The minimum atomic E-state index is -0.642. The normalized spacial score (nSPS) is 15.5. The Balaban J connectivity index is 1.35. The standard InChI is InChI=1S/C45H27N3O2/c1-2-13-28(14-3-1)30-15-4-5-16-31(30)32-17-6-7-19-35(32)44-46-43(29-25-26-34-33-18-8-10-22-38(33)50-41(34)27-29)47-45(48-44)37-21-12-24-40-42(37)36-20-9-11-23-39(36)49-40/h1-27H/i8D,9D,10D,11D,12D,18D,20D,21D,22D,23D,24D,25D,26D,27D. The Hall–Kier alpha value is -6.85. The minimum absolute atomic E-state index is 0.0724. The molecule has 10 aromatic rings. The molecule has 0 aliphatic heterocycles. The molecule has 5 heteroatoms. The third kappa shape index (κ3) is 4.60. The average Bonchev–Trinajstić information content (AvgIpc) is 3.92. The zero-order valence-electron chi connectivity index (χ0n) is 39.7. The summed E-state index contributed by atoms with van der Waals surface area (Å²) in [5, 5.41) is -0.734. The van der Waals surface area contributed by atoms with Gasteiger partial charge in [-0.15, -0.1) is 0 Å². The van der Waals surface area contributed by atoms with Gasteiger partial charge in [0.05, 0.1) is 19.2 Å². The molecule has 0 aliphatic carbocycles. The molecule has 0 amide bonds. The van der Waals surface area contributed by atoms with E-state index < -0.39 is 84.6 Å². The molecule has 5 nitrogen and oxygen atoms in total. The van der Waals surface area contributed by atoms with E-state index in [0.717, 1.165) is 16.7 Å². The van der Waals surface area contributed by atoms with Crippen LogP contribution in [-0.2, 0) is 0 Å². The van der Waals surface area contributed by atoms with Gasteiger partial charge in [0.1, 0.15) is 22.3 Å². The first kappa shape index (κ1) is 17.5. The van der Waals surface area contributed by atoms with Gasteiger partial charge in [0, 0.05) is 38.2 Å². The molecule has 0 saturated carbocycles. The largest absolute Gasteiger partial charge is 0.456 e. The Morgan fingerprint density at radius 1 is 0.380 bits per heavy atom. The zero-order chi connectivity index (χ0) is 45.2. The zero-order valence-corrected chi connectivity index (χ0v) is 25.7. The van der Waals surface area contributed by atoms with E-state index in [2.05, 4.69) is 0 Å². The summed E-state index contributed by atoms with van der Waals surface area (Å²) in [5.41, 5.74) is 1.58. The van der Waals surface area contributed by atoms with Gasteiger partial charge in [-0.1, -0.05) is 133 Å². The number of rotatable bonds is 5. The van der Waals surface area contributed by atoms with Crippen molar-refractivity contribution >= 4 is 43.9 Å². The van der Waals surface area contributed by atoms with Crippen LogP contribution in [0.15, 0.2) is 172 Å². The van der Waals surface area contributed by atoms with Gasteiger partial charge in [-0.05, 0) is 52.5 Å². The van der Waals surface area contributed by atoms with Crippen LogP contribution in [-0.4, -0.2) is 15.0 Å². The average molecular weight is 656 g/mol. The molecule has 0 atom stereocenters. The Bertz CT molecular complexity index is 3680. The fourth-order valence-corrected chi connectivity index (χ4v) is 6.16. The van der Waals surface area contributed by atoms with Gasteiger partial charge >= 0.3 is 0 Å². The van der Waals surface area contributed by atoms with Gasteiger partial charge in [-0.25, -0.2) is 15.0 Å². The number of hydrogen-bond donors (Lipinski definition) is 0. The first-order valence-electron chi connectivity index (χ1n) is 22.5. The molecule has 0 saturated heterocycles. The van der Waals surface area contributed by atoms with E-state index in [1.807, 2.05) is 66.7 Å².